The average Bonchev–Trinajstić information content (AvgIpc) is 3.11. The standard InChI is InChI=1S/C34H39BrN2O10S/c1-7-8-29(36-13-15-37(16-14-36)48(39,40)24-11-9-22(35)10-12-24)47-34-31(38)30-25(42-3)19-23(41-2)20-26(30)46-32(34)21-17-27(43-4)33(45-6)28(18-21)44-5/h9-12,17-20,29H,7-8,13-16H2,1-6H3. The maximum absolute atomic E-state index is 14.4. The molecule has 1 aliphatic rings. The van der Waals surface area contributed by atoms with Crippen LogP contribution in [0.15, 0.2) is 67.1 Å². The van der Waals surface area contributed by atoms with E-state index >= 15 is 0 Å². The molecule has 5 rings (SSSR count). The molecule has 0 saturated carbocycles. The van der Waals surface area contributed by atoms with E-state index in [1.54, 1.807) is 48.5 Å². The summed E-state index contributed by atoms with van der Waals surface area (Å²) in [4.78, 5) is 16.7. The Balaban J connectivity index is 1.58. The van der Waals surface area contributed by atoms with Crippen molar-refractivity contribution in [2.45, 2.75) is 30.9 Å². The van der Waals surface area contributed by atoms with Crippen LogP contribution in [0.5, 0.6) is 34.5 Å². The smallest absolute Gasteiger partial charge is 0.243 e. The van der Waals surface area contributed by atoms with E-state index in [4.69, 9.17) is 32.8 Å². The van der Waals surface area contributed by atoms with Gasteiger partial charge in [-0.3, -0.25) is 9.69 Å². The van der Waals surface area contributed by atoms with Gasteiger partial charge in [-0.25, -0.2) is 8.42 Å². The zero-order valence-electron chi connectivity index (χ0n) is 27.7. The molecule has 258 valence electrons. The molecule has 3 aromatic carbocycles. The Morgan fingerprint density at radius 1 is 0.812 bits per heavy atom. The Hall–Kier alpha value is -3.98. The second-order valence-corrected chi connectivity index (χ2v) is 13.8. The molecule has 14 heteroatoms. The van der Waals surface area contributed by atoms with Crippen molar-refractivity contribution in [1.82, 2.24) is 9.21 Å². The minimum absolute atomic E-state index is 0.0383. The van der Waals surface area contributed by atoms with Crippen LogP contribution in [0.3, 0.4) is 0 Å². The van der Waals surface area contributed by atoms with Gasteiger partial charge >= 0.3 is 0 Å². The molecule has 12 nitrogen and oxygen atoms in total. The minimum Gasteiger partial charge on any atom is -0.496 e. The van der Waals surface area contributed by atoms with Gasteiger partial charge in [0.1, 0.15) is 22.5 Å². The molecule has 0 bridgehead atoms. The Labute approximate surface area is 288 Å². The van der Waals surface area contributed by atoms with E-state index in [0.29, 0.717) is 48.1 Å². The lowest BCUT2D eigenvalue weighted by Crippen LogP contribution is -2.53. The van der Waals surface area contributed by atoms with Crippen molar-refractivity contribution < 1.29 is 41.3 Å². The normalized spacial score (nSPS) is 14.8. The van der Waals surface area contributed by atoms with Crippen LogP contribution in [0.1, 0.15) is 19.8 Å². The lowest BCUT2D eigenvalue weighted by atomic mass is 10.1. The van der Waals surface area contributed by atoms with E-state index in [1.807, 2.05) is 11.8 Å². The zero-order chi connectivity index (χ0) is 34.6. The lowest BCUT2D eigenvalue weighted by Gasteiger charge is -2.38. The number of hydrogen-bond donors (Lipinski definition) is 0. The number of halogens is 1. The van der Waals surface area contributed by atoms with Crippen LogP contribution in [-0.4, -0.2) is 85.6 Å². The highest BCUT2D eigenvalue weighted by molar-refractivity contribution is 9.10. The monoisotopic (exact) mass is 746 g/mol. The molecule has 0 spiro atoms. The molecule has 0 N–H and O–H groups in total. The number of fused-ring (bicyclic) bond motifs is 1. The van der Waals surface area contributed by atoms with Gasteiger partial charge in [0.15, 0.2) is 23.5 Å². The third-order valence-electron chi connectivity index (χ3n) is 8.20. The van der Waals surface area contributed by atoms with E-state index in [2.05, 4.69) is 15.9 Å². The van der Waals surface area contributed by atoms with E-state index in [1.165, 1.54) is 39.9 Å². The Morgan fingerprint density at radius 3 is 1.98 bits per heavy atom. The second kappa shape index (κ2) is 15.1. The first-order valence-corrected chi connectivity index (χ1v) is 17.5. The number of hydrogen-bond acceptors (Lipinski definition) is 11. The number of piperazine rings is 1. The summed E-state index contributed by atoms with van der Waals surface area (Å²) in [6.45, 7) is 3.30. The minimum atomic E-state index is -3.68. The molecule has 1 aromatic heterocycles. The number of benzene rings is 3. The predicted octanol–water partition coefficient (Wildman–Crippen LogP) is 5.78. The summed E-state index contributed by atoms with van der Waals surface area (Å²) in [5.74, 6) is 1.89. The summed E-state index contributed by atoms with van der Waals surface area (Å²) < 4.78 is 69.8. The molecular weight excluding hydrogens is 708 g/mol. The van der Waals surface area contributed by atoms with E-state index in [-0.39, 0.29) is 46.2 Å². The molecule has 4 aromatic rings. The SMILES string of the molecule is CCCC(Oc1c(-c2cc(OC)c(OC)c(OC)c2)oc2cc(OC)cc(OC)c2c1=O)N1CCN(S(=O)(=O)c2ccc(Br)cc2)CC1. The number of rotatable bonds is 13. The fraction of sp³-hybridized carbons (Fsp3) is 0.382. The molecule has 2 heterocycles. The largest absolute Gasteiger partial charge is 0.496 e. The van der Waals surface area contributed by atoms with Crippen LogP contribution < -0.4 is 33.8 Å². The highest BCUT2D eigenvalue weighted by Crippen LogP contribution is 2.44. The van der Waals surface area contributed by atoms with Gasteiger partial charge in [0, 0.05) is 48.3 Å². The van der Waals surface area contributed by atoms with Crippen molar-refractivity contribution in [1.29, 1.82) is 0 Å². The van der Waals surface area contributed by atoms with E-state index in [0.717, 1.165) is 10.9 Å². The van der Waals surface area contributed by atoms with Crippen molar-refractivity contribution in [2.75, 3.05) is 61.7 Å². The Kier molecular flexibility index (Phi) is 11.1. The van der Waals surface area contributed by atoms with Gasteiger partial charge < -0.3 is 32.8 Å². The summed E-state index contributed by atoms with van der Waals surface area (Å²) in [6, 6.07) is 13.2. The molecule has 1 saturated heterocycles. The molecule has 1 unspecified atom stereocenters. The number of methoxy groups -OCH3 is 5. The summed E-state index contributed by atoms with van der Waals surface area (Å²) >= 11 is 3.36. The predicted molar refractivity (Wildman–Crippen MR) is 184 cm³/mol. The molecule has 48 heavy (non-hydrogen) atoms. The second-order valence-electron chi connectivity index (χ2n) is 11.0. The van der Waals surface area contributed by atoms with Crippen LogP contribution >= 0.6 is 15.9 Å². The zero-order valence-corrected chi connectivity index (χ0v) is 30.1. The third kappa shape index (κ3) is 6.93. The van der Waals surface area contributed by atoms with Gasteiger partial charge in [0.2, 0.25) is 27.0 Å². The molecule has 0 amide bonds. The van der Waals surface area contributed by atoms with Gasteiger partial charge in [-0.05, 0) is 42.8 Å². The quantitative estimate of drug-likeness (QED) is 0.165. The van der Waals surface area contributed by atoms with Gasteiger partial charge in [-0.1, -0.05) is 29.3 Å². The summed E-state index contributed by atoms with van der Waals surface area (Å²) in [6.07, 6.45) is 0.727. The number of sulfonamides is 1. The molecule has 0 radical (unpaired) electrons. The summed E-state index contributed by atoms with van der Waals surface area (Å²) in [5, 5.41) is 0.185. The summed E-state index contributed by atoms with van der Waals surface area (Å²) in [7, 11) is 3.79. The van der Waals surface area contributed by atoms with Crippen LogP contribution in [0.2, 0.25) is 0 Å². The maximum atomic E-state index is 14.4. The van der Waals surface area contributed by atoms with Crippen LogP contribution in [0.4, 0.5) is 0 Å². The fourth-order valence-electron chi connectivity index (χ4n) is 5.72. The van der Waals surface area contributed by atoms with Crippen LogP contribution in [-0.2, 0) is 10.0 Å². The number of nitrogens with zero attached hydrogens (tertiary/aromatic N) is 2. The van der Waals surface area contributed by atoms with Crippen molar-refractivity contribution in [3.8, 4) is 45.8 Å². The van der Waals surface area contributed by atoms with Crippen molar-refractivity contribution in [3.63, 3.8) is 0 Å². The number of ether oxygens (including phenoxy) is 6. The van der Waals surface area contributed by atoms with Crippen molar-refractivity contribution >= 4 is 36.9 Å². The highest BCUT2D eigenvalue weighted by Gasteiger charge is 2.33. The molecule has 0 aliphatic carbocycles. The molecule has 1 fully saturated rings. The Bertz CT molecular complexity index is 1900. The maximum Gasteiger partial charge on any atom is 0.243 e. The first-order valence-electron chi connectivity index (χ1n) is 15.3. The van der Waals surface area contributed by atoms with Gasteiger partial charge in [0.05, 0.1) is 40.4 Å². The fourth-order valence-corrected chi connectivity index (χ4v) is 7.40. The summed E-state index contributed by atoms with van der Waals surface area (Å²) in [5.41, 5.74) is 0.226. The van der Waals surface area contributed by atoms with Crippen molar-refractivity contribution in [2.24, 2.45) is 0 Å². The lowest BCUT2D eigenvalue weighted by molar-refractivity contribution is -0.00175. The first-order chi connectivity index (χ1) is 23.1. The van der Waals surface area contributed by atoms with Gasteiger partial charge in [0.25, 0.3) is 0 Å². The third-order valence-corrected chi connectivity index (χ3v) is 10.6. The Morgan fingerprint density at radius 2 is 1.44 bits per heavy atom. The molecule has 1 atom stereocenters. The molecule has 1 aliphatic heterocycles. The molecular formula is C34H39BrN2O10S. The van der Waals surface area contributed by atoms with Crippen LogP contribution in [0.25, 0.3) is 22.3 Å². The van der Waals surface area contributed by atoms with Gasteiger partial charge in [-0.2, -0.15) is 4.31 Å². The van der Waals surface area contributed by atoms with Gasteiger partial charge in [-0.15, -0.1) is 0 Å². The topological polar surface area (TPSA) is 126 Å². The van der Waals surface area contributed by atoms with E-state index in [9.17, 15) is 13.2 Å². The van der Waals surface area contributed by atoms with Crippen LogP contribution in [0, 0.1) is 0 Å². The highest BCUT2D eigenvalue weighted by atomic mass is 79.9. The first kappa shape index (κ1) is 35.3. The van der Waals surface area contributed by atoms with E-state index < -0.39 is 21.7 Å². The average molecular weight is 748 g/mol. The van der Waals surface area contributed by atoms with Crippen molar-refractivity contribution in [3.05, 3.63) is 63.2 Å².